The quantitative estimate of drug-likeness (QED) is 0.183. The molecule has 0 fully saturated rings. The zero-order chi connectivity index (χ0) is 32.3. The first-order chi connectivity index (χ1) is 24.3. The monoisotopic (exact) mass is 625 g/mol. The van der Waals surface area contributed by atoms with Crippen molar-refractivity contribution in [2.24, 2.45) is 0 Å². The maximum Gasteiger partial charge on any atom is 0.164 e. The largest absolute Gasteiger partial charge is 0.455 e. The summed E-state index contributed by atoms with van der Waals surface area (Å²) in [7, 11) is 0. The van der Waals surface area contributed by atoms with Crippen LogP contribution in [0.4, 0.5) is 0 Å². The average molecular weight is 626 g/mol. The van der Waals surface area contributed by atoms with Gasteiger partial charge in [0, 0.05) is 38.2 Å². The summed E-state index contributed by atoms with van der Waals surface area (Å²) in [5.74, 6) is 1.94. The number of nitrogens with zero attached hydrogens (tertiary/aromatic N) is 3. The molecule has 0 atom stereocenters. The molecule has 0 amide bonds. The van der Waals surface area contributed by atoms with Crippen molar-refractivity contribution in [2.75, 3.05) is 0 Å². The molecule has 0 aliphatic carbocycles. The van der Waals surface area contributed by atoms with E-state index in [1.807, 2.05) is 72.8 Å². The van der Waals surface area contributed by atoms with Gasteiger partial charge < -0.3 is 4.42 Å². The molecule has 0 aliphatic heterocycles. The maximum atomic E-state index is 6.53. The van der Waals surface area contributed by atoms with Crippen LogP contribution in [0.5, 0.6) is 0 Å². The van der Waals surface area contributed by atoms with Gasteiger partial charge in [-0.3, -0.25) is 0 Å². The molecule has 228 valence electrons. The van der Waals surface area contributed by atoms with E-state index in [1.54, 1.807) is 0 Å². The van der Waals surface area contributed by atoms with Crippen LogP contribution in [0.2, 0.25) is 0 Å². The van der Waals surface area contributed by atoms with E-state index >= 15 is 0 Å². The third kappa shape index (κ3) is 4.57. The van der Waals surface area contributed by atoms with Crippen LogP contribution in [0, 0.1) is 0 Å². The molecule has 2 aromatic heterocycles. The molecule has 4 nitrogen and oxygen atoms in total. The van der Waals surface area contributed by atoms with Crippen LogP contribution in [0.15, 0.2) is 168 Å². The van der Waals surface area contributed by atoms with Gasteiger partial charge in [-0.15, -0.1) is 0 Å². The summed E-state index contributed by atoms with van der Waals surface area (Å²) >= 11 is 0. The number of aromatic nitrogens is 3. The molecular weight excluding hydrogens is 599 g/mol. The van der Waals surface area contributed by atoms with Gasteiger partial charge >= 0.3 is 0 Å². The zero-order valence-corrected chi connectivity index (χ0v) is 26.3. The van der Waals surface area contributed by atoms with Crippen molar-refractivity contribution in [3.05, 3.63) is 164 Å². The zero-order valence-electron chi connectivity index (χ0n) is 26.3. The summed E-state index contributed by atoms with van der Waals surface area (Å²) in [6.45, 7) is 0. The summed E-state index contributed by atoms with van der Waals surface area (Å²) in [5.41, 5.74) is 6.92. The lowest BCUT2D eigenvalue weighted by molar-refractivity contribution is 0.673. The molecular formula is C45H27N3O. The van der Waals surface area contributed by atoms with Gasteiger partial charge in [-0.1, -0.05) is 140 Å². The summed E-state index contributed by atoms with van der Waals surface area (Å²) in [6, 6.07) is 56.9. The van der Waals surface area contributed by atoms with Crippen LogP contribution in [-0.2, 0) is 0 Å². The number of furan rings is 1. The molecule has 8 aromatic carbocycles. The number of hydrogen-bond acceptors (Lipinski definition) is 4. The van der Waals surface area contributed by atoms with Gasteiger partial charge in [-0.25, -0.2) is 15.0 Å². The van der Waals surface area contributed by atoms with Crippen LogP contribution in [0.25, 0.3) is 99.5 Å². The van der Waals surface area contributed by atoms with E-state index in [-0.39, 0.29) is 0 Å². The molecule has 0 saturated heterocycles. The average Bonchev–Trinajstić information content (AvgIpc) is 3.57. The number of para-hydroxylation sites is 1. The van der Waals surface area contributed by atoms with Crippen LogP contribution in [-0.4, -0.2) is 15.0 Å². The van der Waals surface area contributed by atoms with Crippen molar-refractivity contribution < 1.29 is 4.42 Å². The van der Waals surface area contributed by atoms with Crippen LogP contribution in [0.1, 0.15) is 0 Å². The highest BCUT2D eigenvalue weighted by atomic mass is 16.3. The third-order valence-corrected chi connectivity index (χ3v) is 9.48. The van der Waals surface area contributed by atoms with E-state index in [2.05, 4.69) is 91.0 Å². The highest BCUT2D eigenvalue weighted by Crippen LogP contribution is 2.41. The van der Waals surface area contributed by atoms with Crippen molar-refractivity contribution in [2.45, 2.75) is 0 Å². The Morgan fingerprint density at radius 3 is 1.59 bits per heavy atom. The second kappa shape index (κ2) is 11.0. The van der Waals surface area contributed by atoms with Gasteiger partial charge in [0.15, 0.2) is 17.5 Å². The van der Waals surface area contributed by atoms with Gasteiger partial charge in [0.25, 0.3) is 0 Å². The Morgan fingerprint density at radius 1 is 0.327 bits per heavy atom. The van der Waals surface area contributed by atoms with E-state index in [0.29, 0.717) is 17.5 Å². The topological polar surface area (TPSA) is 51.8 Å². The van der Waals surface area contributed by atoms with E-state index in [0.717, 1.165) is 55.1 Å². The first kappa shape index (κ1) is 27.5. The summed E-state index contributed by atoms with van der Waals surface area (Å²) in [4.78, 5) is 14.8. The number of rotatable bonds is 4. The lowest BCUT2D eigenvalue weighted by Gasteiger charge is -2.12. The second-order valence-electron chi connectivity index (χ2n) is 12.4. The van der Waals surface area contributed by atoms with E-state index in [9.17, 15) is 0 Å². The van der Waals surface area contributed by atoms with Crippen molar-refractivity contribution in [3.8, 4) is 45.3 Å². The standard InChI is InChI=1S/C45H27N3O/c1-3-10-30(11-4-1)43-46-44(31-12-5-2-6-13-31)48-45(47-43)35-15-9-14-32(27-35)33-23-24-36-34(26-33)21-20-28-18-19-29-22-25-38-37-16-7-8-17-39(37)49-42(38)41(29)40(28)36/h1-27H. The Kier molecular flexibility index (Phi) is 6.15. The first-order valence-electron chi connectivity index (χ1n) is 16.4. The van der Waals surface area contributed by atoms with E-state index in [1.165, 1.54) is 26.9 Å². The fourth-order valence-electron chi connectivity index (χ4n) is 7.10. The predicted octanol–water partition coefficient (Wildman–Crippen LogP) is 11.9. The van der Waals surface area contributed by atoms with E-state index in [4.69, 9.17) is 19.4 Å². The first-order valence-corrected chi connectivity index (χ1v) is 16.4. The predicted molar refractivity (Wildman–Crippen MR) is 201 cm³/mol. The van der Waals surface area contributed by atoms with Crippen LogP contribution >= 0.6 is 0 Å². The Hall–Kier alpha value is -6.65. The molecule has 0 bridgehead atoms. The Labute approximate surface area is 282 Å². The minimum absolute atomic E-state index is 0.641. The molecule has 4 heteroatoms. The molecule has 0 unspecified atom stereocenters. The Bertz CT molecular complexity index is 2820. The van der Waals surface area contributed by atoms with Crippen molar-refractivity contribution >= 4 is 54.3 Å². The second-order valence-corrected chi connectivity index (χ2v) is 12.4. The fourth-order valence-corrected chi connectivity index (χ4v) is 7.10. The van der Waals surface area contributed by atoms with E-state index < -0.39 is 0 Å². The van der Waals surface area contributed by atoms with Crippen molar-refractivity contribution in [3.63, 3.8) is 0 Å². The lowest BCUT2D eigenvalue weighted by atomic mass is 9.93. The number of fused-ring (bicyclic) bond motifs is 9. The van der Waals surface area contributed by atoms with Crippen LogP contribution in [0.3, 0.4) is 0 Å². The van der Waals surface area contributed by atoms with Crippen LogP contribution < -0.4 is 0 Å². The number of hydrogen-bond donors (Lipinski definition) is 0. The van der Waals surface area contributed by atoms with Gasteiger partial charge in [-0.05, 0) is 56.9 Å². The smallest absolute Gasteiger partial charge is 0.164 e. The molecule has 2 heterocycles. The fraction of sp³-hybridized carbons (Fsp3) is 0. The molecule has 0 aliphatic rings. The third-order valence-electron chi connectivity index (χ3n) is 9.48. The Morgan fingerprint density at radius 2 is 0.857 bits per heavy atom. The minimum Gasteiger partial charge on any atom is -0.455 e. The SMILES string of the molecule is c1ccc(-c2nc(-c3ccccc3)nc(-c3cccc(-c4ccc5c(ccc6ccc7ccc8c9ccccc9oc8c7c65)c4)c3)n2)cc1. The normalized spacial score (nSPS) is 11.7. The summed E-state index contributed by atoms with van der Waals surface area (Å²) in [5, 5.41) is 9.40. The van der Waals surface area contributed by atoms with Gasteiger partial charge in [0.2, 0.25) is 0 Å². The number of benzene rings is 8. The Balaban J connectivity index is 1.12. The summed E-state index contributed by atoms with van der Waals surface area (Å²) < 4.78 is 6.53. The van der Waals surface area contributed by atoms with Gasteiger partial charge in [-0.2, -0.15) is 0 Å². The minimum atomic E-state index is 0.641. The molecule has 49 heavy (non-hydrogen) atoms. The van der Waals surface area contributed by atoms with Gasteiger partial charge in [0.05, 0.1) is 0 Å². The lowest BCUT2D eigenvalue weighted by Crippen LogP contribution is -2.00. The molecule has 0 spiro atoms. The molecule has 0 N–H and O–H groups in total. The maximum absolute atomic E-state index is 6.53. The molecule has 10 aromatic rings. The summed E-state index contributed by atoms with van der Waals surface area (Å²) in [6.07, 6.45) is 0. The van der Waals surface area contributed by atoms with Gasteiger partial charge in [0.1, 0.15) is 11.2 Å². The van der Waals surface area contributed by atoms with Crippen molar-refractivity contribution in [1.29, 1.82) is 0 Å². The highest BCUT2D eigenvalue weighted by Gasteiger charge is 2.16. The molecule has 0 saturated carbocycles. The molecule has 0 radical (unpaired) electrons. The molecule has 10 rings (SSSR count). The highest BCUT2D eigenvalue weighted by molar-refractivity contribution is 6.28. The van der Waals surface area contributed by atoms with Crippen molar-refractivity contribution in [1.82, 2.24) is 15.0 Å².